The SMILES string of the molecule is Nc1nnnn1CC(=O)NCC1CN(CC2CCN(CC3CC3)CC2)C(=O)CO1. The van der Waals surface area contributed by atoms with Crippen molar-refractivity contribution in [3.05, 3.63) is 0 Å². The Balaban J connectivity index is 1.18. The molecule has 2 amide bonds. The highest BCUT2D eigenvalue weighted by Crippen LogP contribution is 2.31. The van der Waals surface area contributed by atoms with E-state index in [1.807, 2.05) is 4.90 Å². The number of carbonyl (C=O) groups excluding carboxylic acids is 2. The van der Waals surface area contributed by atoms with Gasteiger partial charge in [-0.05, 0) is 61.0 Å². The Morgan fingerprint density at radius 2 is 1.93 bits per heavy atom. The molecule has 29 heavy (non-hydrogen) atoms. The molecule has 3 N–H and O–H groups in total. The van der Waals surface area contributed by atoms with Gasteiger partial charge in [0.05, 0.1) is 6.10 Å². The van der Waals surface area contributed by atoms with Crippen LogP contribution in [-0.4, -0.2) is 93.8 Å². The van der Waals surface area contributed by atoms with Crippen molar-refractivity contribution >= 4 is 17.8 Å². The molecule has 2 saturated heterocycles. The Bertz CT molecular complexity index is 714. The van der Waals surface area contributed by atoms with Crippen LogP contribution in [0, 0.1) is 11.8 Å². The lowest BCUT2D eigenvalue weighted by atomic mass is 9.95. The number of hydrogen-bond acceptors (Lipinski definition) is 8. The fraction of sp³-hybridized carbons (Fsp3) is 0.833. The zero-order chi connectivity index (χ0) is 20.2. The van der Waals surface area contributed by atoms with Gasteiger partial charge in [0.25, 0.3) is 0 Å². The molecular formula is C18H30N8O3. The summed E-state index contributed by atoms with van der Waals surface area (Å²) in [5.74, 6) is 1.36. The Hall–Kier alpha value is -2.27. The van der Waals surface area contributed by atoms with E-state index in [1.165, 1.54) is 24.1 Å². The van der Waals surface area contributed by atoms with Gasteiger partial charge in [-0.1, -0.05) is 5.10 Å². The smallest absolute Gasteiger partial charge is 0.248 e. The molecule has 3 aliphatic rings. The summed E-state index contributed by atoms with van der Waals surface area (Å²) in [5, 5.41) is 13.4. The highest BCUT2D eigenvalue weighted by Gasteiger charge is 2.31. The Kier molecular flexibility index (Phi) is 6.24. The number of morpholine rings is 1. The molecule has 11 nitrogen and oxygen atoms in total. The van der Waals surface area contributed by atoms with Crippen molar-refractivity contribution in [2.75, 3.05) is 51.6 Å². The van der Waals surface area contributed by atoms with Gasteiger partial charge in [0.15, 0.2) is 0 Å². The summed E-state index contributed by atoms with van der Waals surface area (Å²) >= 11 is 0. The summed E-state index contributed by atoms with van der Waals surface area (Å²) in [6.07, 6.45) is 4.86. The molecule has 2 aliphatic heterocycles. The maximum absolute atomic E-state index is 12.3. The molecule has 0 aromatic carbocycles. The van der Waals surface area contributed by atoms with Crippen LogP contribution in [0.1, 0.15) is 25.7 Å². The molecule has 1 aromatic rings. The number of nitrogens with one attached hydrogen (secondary N) is 1. The van der Waals surface area contributed by atoms with Gasteiger partial charge in [0.1, 0.15) is 13.2 Å². The first kappa shape index (κ1) is 20.0. The first-order valence-electron chi connectivity index (χ1n) is 10.5. The van der Waals surface area contributed by atoms with E-state index in [0.29, 0.717) is 19.0 Å². The molecule has 11 heteroatoms. The van der Waals surface area contributed by atoms with E-state index in [2.05, 4.69) is 25.7 Å². The Morgan fingerprint density at radius 1 is 1.17 bits per heavy atom. The molecule has 4 rings (SSSR count). The van der Waals surface area contributed by atoms with E-state index >= 15 is 0 Å². The molecular weight excluding hydrogens is 376 g/mol. The van der Waals surface area contributed by atoms with Gasteiger partial charge in [-0.3, -0.25) is 9.59 Å². The minimum Gasteiger partial charge on any atom is -0.367 e. The third-order valence-electron chi connectivity index (χ3n) is 6.00. The van der Waals surface area contributed by atoms with E-state index in [4.69, 9.17) is 10.5 Å². The summed E-state index contributed by atoms with van der Waals surface area (Å²) in [7, 11) is 0. The minimum atomic E-state index is -0.251. The van der Waals surface area contributed by atoms with Gasteiger partial charge in [-0.2, -0.15) is 0 Å². The quantitative estimate of drug-likeness (QED) is 0.546. The van der Waals surface area contributed by atoms with Crippen LogP contribution in [0.15, 0.2) is 0 Å². The Morgan fingerprint density at radius 3 is 2.62 bits per heavy atom. The summed E-state index contributed by atoms with van der Waals surface area (Å²) in [6.45, 7) is 5.18. The van der Waals surface area contributed by atoms with Crippen LogP contribution in [0.3, 0.4) is 0 Å². The number of nitrogen functional groups attached to an aromatic ring is 1. The van der Waals surface area contributed by atoms with Crippen molar-refractivity contribution in [2.24, 2.45) is 11.8 Å². The van der Waals surface area contributed by atoms with Gasteiger partial charge >= 0.3 is 0 Å². The molecule has 3 fully saturated rings. The second kappa shape index (κ2) is 9.04. The fourth-order valence-corrected chi connectivity index (χ4v) is 4.05. The lowest BCUT2D eigenvalue weighted by Gasteiger charge is -2.38. The van der Waals surface area contributed by atoms with Crippen molar-refractivity contribution in [1.82, 2.24) is 35.3 Å². The monoisotopic (exact) mass is 406 g/mol. The maximum Gasteiger partial charge on any atom is 0.248 e. The number of piperidine rings is 1. The zero-order valence-electron chi connectivity index (χ0n) is 16.7. The molecule has 0 bridgehead atoms. The van der Waals surface area contributed by atoms with E-state index < -0.39 is 0 Å². The first-order chi connectivity index (χ1) is 14.1. The zero-order valence-corrected chi connectivity index (χ0v) is 16.7. The van der Waals surface area contributed by atoms with Crippen LogP contribution in [0.4, 0.5) is 5.95 Å². The first-order valence-corrected chi connectivity index (χ1v) is 10.5. The molecule has 1 saturated carbocycles. The highest BCUT2D eigenvalue weighted by molar-refractivity contribution is 5.78. The summed E-state index contributed by atoms with van der Waals surface area (Å²) in [5.41, 5.74) is 5.56. The molecule has 160 valence electrons. The number of likely N-dealkylation sites (tertiary alicyclic amines) is 1. The van der Waals surface area contributed by atoms with Crippen LogP contribution >= 0.6 is 0 Å². The number of hydrogen-bond donors (Lipinski definition) is 2. The van der Waals surface area contributed by atoms with Crippen LogP contribution in [0.5, 0.6) is 0 Å². The minimum absolute atomic E-state index is 0.0365. The van der Waals surface area contributed by atoms with Crippen LogP contribution in [-0.2, 0) is 20.9 Å². The predicted molar refractivity (Wildman–Crippen MR) is 103 cm³/mol. The number of carbonyl (C=O) groups is 2. The lowest BCUT2D eigenvalue weighted by Crippen LogP contribution is -2.52. The summed E-state index contributed by atoms with van der Waals surface area (Å²) < 4.78 is 6.83. The van der Waals surface area contributed by atoms with Crippen molar-refractivity contribution in [3.8, 4) is 0 Å². The molecule has 1 aliphatic carbocycles. The van der Waals surface area contributed by atoms with E-state index in [9.17, 15) is 9.59 Å². The van der Waals surface area contributed by atoms with E-state index in [1.54, 1.807) is 0 Å². The second-order valence-electron chi connectivity index (χ2n) is 8.42. The molecule has 0 radical (unpaired) electrons. The largest absolute Gasteiger partial charge is 0.367 e. The van der Waals surface area contributed by atoms with Crippen molar-refractivity contribution in [1.29, 1.82) is 0 Å². The van der Waals surface area contributed by atoms with E-state index in [0.717, 1.165) is 38.4 Å². The van der Waals surface area contributed by atoms with Gasteiger partial charge in [0, 0.05) is 26.2 Å². The number of aromatic nitrogens is 4. The molecule has 1 atom stereocenters. The lowest BCUT2D eigenvalue weighted by molar-refractivity contribution is -0.150. The number of amides is 2. The maximum atomic E-state index is 12.3. The van der Waals surface area contributed by atoms with Crippen molar-refractivity contribution < 1.29 is 14.3 Å². The number of tetrazole rings is 1. The van der Waals surface area contributed by atoms with Gasteiger partial charge < -0.3 is 25.6 Å². The van der Waals surface area contributed by atoms with Gasteiger partial charge in [-0.15, -0.1) is 0 Å². The van der Waals surface area contributed by atoms with Crippen LogP contribution in [0.2, 0.25) is 0 Å². The third kappa shape index (κ3) is 5.63. The number of nitrogens with zero attached hydrogens (tertiary/aromatic N) is 6. The van der Waals surface area contributed by atoms with Crippen LogP contribution < -0.4 is 11.1 Å². The third-order valence-corrected chi connectivity index (χ3v) is 6.00. The predicted octanol–water partition coefficient (Wildman–Crippen LogP) is -1.28. The average Bonchev–Trinajstić information content (AvgIpc) is 3.44. The fourth-order valence-electron chi connectivity index (χ4n) is 4.05. The molecule has 1 aromatic heterocycles. The summed E-state index contributed by atoms with van der Waals surface area (Å²) in [4.78, 5) is 28.8. The van der Waals surface area contributed by atoms with Gasteiger partial charge in [-0.25, -0.2) is 4.68 Å². The van der Waals surface area contributed by atoms with Crippen LogP contribution in [0.25, 0.3) is 0 Å². The standard InChI is InChI=1S/C18H30N8O3/c19-18-21-22-23-26(18)11-16(27)20-7-15-10-25(17(28)12-29-15)9-14-3-5-24(6-4-14)8-13-1-2-13/h13-15H,1-12H2,(H,20,27)(H2,19,21,23). The van der Waals surface area contributed by atoms with Crippen molar-refractivity contribution in [3.63, 3.8) is 0 Å². The number of ether oxygens (including phenoxy) is 1. The van der Waals surface area contributed by atoms with Crippen molar-refractivity contribution in [2.45, 2.75) is 38.3 Å². The average molecular weight is 406 g/mol. The van der Waals surface area contributed by atoms with E-state index in [-0.39, 0.29) is 37.0 Å². The van der Waals surface area contributed by atoms with Gasteiger partial charge in [0.2, 0.25) is 17.8 Å². The highest BCUT2D eigenvalue weighted by atomic mass is 16.5. The number of rotatable bonds is 8. The number of anilines is 1. The second-order valence-corrected chi connectivity index (χ2v) is 8.42. The Labute approximate surface area is 169 Å². The summed E-state index contributed by atoms with van der Waals surface area (Å²) in [6, 6.07) is 0. The number of nitrogens with two attached hydrogens (primary N) is 1. The molecule has 3 heterocycles. The normalized spacial score (nSPS) is 24.1. The molecule has 0 spiro atoms. The molecule has 1 unspecified atom stereocenters. The topological polar surface area (TPSA) is 131 Å².